The Kier molecular flexibility index (Phi) is 7.67. The highest BCUT2D eigenvalue weighted by Crippen LogP contribution is 2.11. The topological polar surface area (TPSA) is 69.7 Å². The summed E-state index contributed by atoms with van der Waals surface area (Å²) in [5.74, 6) is -1.99. The van der Waals surface area contributed by atoms with Crippen LogP contribution in [0.5, 0.6) is 0 Å². The Morgan fingerprint density at radius 1 is 1.17 bits per heavy atom. The average molecular weight is 256 g/mol. The highest BCUT2D eigenvalue weighted by molar-refractivity contribution is 5.97. The van der Waals surface area contributed by atoms with E-state index in [1.165, 1.54) is 6.92 Å². The number of hydrogen-bond donors (Lipinski definition) is 0. The number of esters is 2. The molecule has 5 heteroatoms. The maximum Gasteiger partial charge on any atom is 0.333 e. The van der Waals surface area contributed by atoms with Crippen LogP contribution in [-0.2, 0) is 23.9 Å². The third-order valence-electron chi connectivity index (χ3n) is 2.28. The summed E-state index contributed by atoms with van der Waals surface area (Å²) in [6.07, 6.45) is 0.750. The Morgan fingerprint density at radius 2 is 1.78 bits per heavy atom. The summed E-state index contributed by atoms with van der Waals surface area (Å²) in [6, 6.07) is 0. The third-order valence-corrected chi connectivity index (χ3v) is 2.28. The van der Waals surface area contributed by atoms with Gasteiger partial charge in [0.05, 0.1) is 13.2 Å². The Balaban J connectivity index is 4.06. The molecule has 1 atom stereocenters. The van der Waals surface area contributed by atoms with Gasteiger partial charge in [0.15, 0.2) is 0 Å². The summed E-state index contributed by atoms with van der Waals surface area (Å²) in [5, 5.41) is 0. The molecule has 0 radical (unpaired) electrons. The normalized spacial score (nSPS) is 11.5. The van der Waals surface area contributed by atoms with E-state index in [2.05, 4.69) is 6.58 Å². The van der Waals surface area contributed by atoms with Crippen molar-refractivity contribution in [3.8, 4) is 0 Å². The largest absolute Gasteiger partial charge is 0.465 e. The van der Waals surface area contributed by atoms with Crippen molar-refractivity contribution in [2.75, 3.05) is 13.2 Å². The molecule has 0 aromatic carbocycles. The van der Waals surface area contributed by atoms with Crippen molar-refractivity contribution in [1.29, 1.82) is 0 Å². The van der Waals surface area contributed by atoms with Gasteiger partial charge in [-0.15, -0.1) is 0 Å². The minimum absolute atomic E-state index is 0.162. The van der Waals surface area contributed by atoms with Crippen LogP contribution in [0.15, 0.2) is 12.2 Å². The zero-order valence-electron chi connectivity index (χ0n) is 11.2. The Labute approximate surface area is 107 Å². The molecule has 102 valence electrons. The van der Waals surface area contributed by atoms with Gasteiger partial charge in [0.25, 0.3) is 0 Å². The van der Waals surface area contributed by atoms with E-state index < -0.39 is 17.9 Å². The molecule has 0 aromatic heterocycles. The smallest absolute Gasteiger partial charge is 0.333 e. The molecule has 0 aromatic rings. The van der Waals surface area contributed by atoms with Gasteiger partial charge >= 0.3 is 11.9 Å². The fourth-order valence-corrected chi connectivity index (χ4v) is 1.31. The average Bonchev–Trinajstić information content (AvgIpc) is 2.27. The van der Waals surface area contributed by atoms with Crippen LogP contribution in [0.2, 0.25) is 0 Å². The van der Waals surface area contributed by atoms with Gasteiger partial charge in [-0.05, 0) is 33.6 Å². The first-order valence-corrected chi connectivity index (χ1v) is 5.89. The van der Waals surface area contributed by atoms with Crippen molar-refractivity contribution in [3.63, 3.8) is 0 Å². The lowest BCUT2D eigenvalue weighted by atomic mass is 10.00. The van der Waals surface area contributed by atoms with Crippen molar-refractivity contribution in [2.24, 2.45) is 5.92 Å². The summed E-state index contributed by atoms with van der Waals surface area (Å²) in [7, 11) is 0. The van der Waals surface area contributed by atoms with Crippen LogP contribution >= 0.6 is 0 Å². The van der Waals surface area contributed by atoms with E-state index in [9.17, 15) is 14.4 Å². The van der Waals surface area contributed by atoms with Gasteiger partial charge in [0.2, 0.25) is 0 Å². The van der Waals surface area contributed by atoms with Crippen LogP contribution in [-0.4, -0.2) is 30.9 Å². The van der Waals surface area contributed by atoms with E-state index in [4.69, 9.17) is 9.47 Å². The molecule has 0 saturated carbocycles. The van der Waals surface area contributed by atoms with Crippen LogP contribution in [0.25, 0.3) is 0 Å². The number of hydrogen-bond acceptors (Lipinski definition) is 5. The molecule has 0 saturated heterocycles. The number of carbonyl (C=O) groups is 3. The van der Waals surface area contributed by atoms with Crippen molar-refractivity contribution >= 4 is 17.7 Å². The molecule has 0 amide bonds. The van der Waals surface area contributed by atoms with E-state index >= 15 is 0 Å². The highest BCUT2D eigenvalue weighted by atomic mass is 16.5. The molecular formula is C13H20O5. The molecule has 0 aliphatic rings. The van der Waals surface area contributed by atoms with Gasteiger partial charge in [-0.3, -0.25) is 9.59 Å². The molecule has 0 heterocycles. The number of ether oxygens (including phenoxy) is 2. The summed E-state index contributed by atoms with van der Waals surface area (Å²) in [5.41, 5.74) is 0.323. The summed E-state index contributed by atoms with van der Waals surface area (Å²) < 4.78 is 9.67. The Hall–Kier alpha value is -1.65. The zero-order chi connectivity index (χ0) is 14.1. The third kappa shape index (κ3) is 6.18. The lowest BCUT2D eigenvalue weighted by molar-refractivity contribution is -0.151. The maximum atomic E-state index is 11.5. The molecule has 0 fully saturated rings. The summed E-state index contributed by atoms with van der Waals surface area (Å²) in [6.45, 7) is 8.44. The van der Waals surface area contributed by atoms with Crippen LogP contribution in [0.3, 0.4) is 0 Å². The number of Topliss-reactive ketones (excluding diaryl/α,β-unsaturated/α-hetero) is 1. The highest BCUT2D eigenvalue weighted by Gasteiger charge is 2.24. The first-order valence-electron chi connectivity index (χ1n) is 5.89. The quantitative estimate of drug-likeness (QED) is 0.286. The minimum Gasteiger partial charge on any atom is -0.465 e. The van der Waals surface area contributed by atoms with E-state index in [0.717, 1.165) is 0 Å². The molecule has 1 unspecified atom stereocenters. The standard InChI is InChI=1S/C13H20O5/c1-5-17-13(16)11(10(4)14)7-6-8-18-12(15)9(2)3/h11H,2,5-8H2,1,3-4H3. The van der Waals surface area contributed by atoms with Gasteiger partial charge in [0.1, 0.15) is 11.7 Å². The fourth-order valence-electron chi connectivity index (χ4n) is 1.31. The fraction of sp³-hybridized carbons (Fsp3) is 0.615. The zero-order valence-corrected chi connectivity index (χ0v) is 11.2. The second-order valence-corrected chi connectivity index (χ2v) is 3.97. The molecular weight excluding hydrogens is 236 g/mol. The van der Waals surface area contributed by atoms with Crippen LogP contribution < -0.4 is 0 Å². The summed E-state index contributed by atoms with van der Waals surface area (Å²) in [4.78, 5) is 33.8. The van der Waals surface area contributed by atoms with Crippen LogP contribution in [0.4, 0.5) is 0 Å². The van der Waals surface area contributed by atoms with Gasteiger partial charge < -0.3 is 9.47 Å². The van der Waals surface area contributed by atoms with Gasteiger partial charge in [-0.2, -0.15) is 0 Å². The number of ketones is 1. The second-order valence-electron chi connectivity index (χ2n) is 3.97. The molecule has 0 aliphatic carbocycles. The van der Waals surface area contributed by atoms with Crippen LogP contribution in [0, 0.1) is 5.92 Å². The molecule has 0 aliphatic heterocycles. The lowest BCUT2D eigenvalue weighted by Crippen LogP contribution is -2.24. The molecule has 18 heavy (non-hydrogen) atoms. The number of carbonyl (C=O) groups excluding carboxylic acids is 3. The van der Waals surface area contributed by atoms with E-state index in [0.29, 0.717) is 18.4 Å². The van der Waals surface area contributed by atoms with Gasteiger partial charge in [-0.1, -0.05) is 6.58 Å². The van der Waals surface area contributed by atoms with Crippen molar-refractivity contribution in [3.05, 3.63) is 12.2 Å². The Morgan fingerprint density at radius 3 is 2.22 bits per heavy atom. The van der Waals surface area contributed by atoms with E-state index in [-0.39, 0.29) is 19.0 Å². The lowest BCUT2D eigenvalue weighted by Gasteiger charge is -2.12. The Bertz CT molecular complexity index is 332. The van der Waals surface area contributed by atoms with Gasteiger partial charge in [-0.25, -0.2) is 4.79 Å². The minimum atomic E-state index is -0.770. The number of rotatable bonds is 8. The molecule has 0 bridgehead atoms. The molecule has 0 spiro atoms. The molecule has 0 N–H and O–H groups in total. The predicted molar refractivity (Wildman–Crippen MR) is 65.8 cm³/mol. The maximum absolute atomic E-state index is 11.5. The van der Waals surface area contributed by atoms with Crippen molar-refractivity contribution in [1.82, 2.24) is 0 Å². The molecule has 0 rings (SSSR count). The monoisotopic (exact) mass is 256 g/mol. The molecule has 5 nitrogen and oxygen atoms in total. The van der Waals surface area contributed by atoms with Crippen molar-refractivity contribution in [2.45, 2.75) is 33.6 Å². The van der Waals surface area contributed by atoms with E-state index in [1.807, 2.05) is 0 Å². The van der Waals surface area contributed by atoms with Crippen LogP contribution in [0.1, 0.15) is 33.6 Å². The second kappa shape index (κ2) is 8.44. The predicted octanol–water partition coefficient (Wildman–Crippen LogP) is 1.65. The van der Waals surface area contributed by atoms with Crippen molar-refractivity contribution < 1.29 is 23.9 Å². The first kappa shape index (κ1) is 16.4. The van der Waals surface area contributed by atoms with E-state index in [1.54, 1.807) is 13.8 Å². The van der Waals surface area contributed by atoms with Gasteiger partial charge in [0, 0.05) is 5.57 Å². The summed E-state index contributed by atoms with van der Waals surface area (Å²) >= 11 is 0. The first-order chi connectivity index (χ1) is 8.40. The SMILES string of the molecule is C=C(C)C(=O)OCCCC(C(C)=O)C(=O)OCC.